The van der Waals surface area contributed by atoms with Crippen molar-refractivity contribution in [2.24, 2.45) is 0 Å². The Bertz CT molecular complexity index is 1100. The van der Waals surface area contributed by atoms with Crippen molar-refractivity contribution < 1.29 is 13.2 Å². The number of rotatable bonds is 5. The highest BCUT2D eigenvalue weighted by molar-refractivity contribution is 7.90. The van der Waals surface area contributed by atoms with Crippen LogP contribution in [0.2, 0.25) is 0 Å². The molecule has 28 heavy (non-hydrogen) atoms. The van der Waals surface area contributed by atoms with E-state index < -0.39 is 9.84 Å². The molecule has 2 aromatic carbocycles. The summed E-state index contributed by atoms with van der Waals surface area (Å²) < 4.78 is 29.2. The number of nitrogens with zero attached hydrogens (tertiary/aromatic N) is 3. The number of benzene rings is 2. The van der Waals surface area contributed by atoms with Crippen molar-refractivity contribution in [2.75, 3.05) is 37.9 Å². The molecule has 0 unspecified atom stereocenters. The second kappa shape index (κ2) is 7.83. The fourth-order valence-electron chi connectivity index (χ4n) is 3.27. The topological polar surface area (TPSA) is 84.4 Å². The molecule has 0 saturated carbocycles. The molecule has 3 aromatic rings. The highest BCUT2D eigenvalue weighted by Crippen LogP contribution is 2.26. The van der Waals surface area contributed by atoms with Gasteiger partial charge < -0.3 is 10.1 Å². The van der Waals surface area contributed by atoms with E-state index >= 15 is 0 Å². The van der Waals surface area contributed by atoms with Gasteiger partial charge in [-0.25, -0.2) is 18.4 Å². The van der Waals surface area contributed by atoms with Gasteiger partial charge in [0, 0.05) is 37.0 Å². The van der Waals surface area contributed by atoms with Crippen molar-refractivity contribution in [1.29, 1.82) is 0 Å². The molecule has 0 radical (unpaired) electrons. The Morgan fingerprint density at radius 3 is 2.71 bits per heavy atom. The Balaban J connectivity index is 1.61. The lowest BCUT2D eigenvalue weighted by atomic mass is 10.1. The lowest BCUT2D eigenvalue weighted by Gasteiger charge is -2.26. The highest BCUT2D eigenvalue weighted by atomic mass is 32.2. The van der Waals surface area contributed by atoms with Gasteiger partial charge in [-0.15, -0.1) is 0 Å². The van der Waals surface area contributed by atoms with Crippen molar-refractivity contribution in [3.05, 3.63) is 54.4 Å². The molecule has 1 N–H and O–H groups in total. The summed E-state index contributed by atoms with van der Waals surface area (Å²) in [6.07, 6.45) is 2.67. The molecule has 1 aliphatic heterocycles. The van der Waals surface area contributed by atoms with Gasteiger partial charge >= 0.3 is 0 Å². The Hall–Kier alpha value is -2.55. The van der Waals surface area contributed by atoms with Gasteiger partial charge in [-0.2, -0.15) is 0 Å². The summed E-state index contributed by atoms with van der Waals surface area (Å²) in [5.41, 5.74) is 2.78. The number of hydrogen-bond donors (Lipinski definition) is 1. The lowest BCUT2D eigenvalue weighted by molar-refractivity contribution is 0.0342. The zero-order valence-corrected chi connectivity index (χ0v) is 16.4. The Morgan fingerprint density at radius 1 is 1.11 bits per heavy atom. The van der Waals surface area contributed by atoms with Crippen LogP contribution in [-0.4, -0.2) is 55.8 Å². The monoisotopic (exact) mass is 398 g/mol. The second-order valence-electron chi connectivity index (χ2n) is 6.89. The summed E-state index contributed by atoms with van der Waals surface area (Å²) in [6, 6.07) is 13.0. The van der Waals surface area contributed by atoms with Gasteiger partial charge in [-0.1, -0.05) is 12.1 Å². The number of sulfone groups is 1. The first-order valence-electron chi connectivity index (χ1n) is 9.10. The molecule has 2 heterocycles. The van der Waals surface area contributed by atoms with E-state index in [2.05, 4.69) is 32.3 Å². The van der Waals surface area contributed by atoms with Crippen LogP contribution >= 0.6 is 0 Å². The average molecular weight is 398 g/mol. The van der Waals surface area contributed by atoms with Crippen molar-refractivity contribution in [1.82, 2.24) is 14.9 Å². The molecule has 0 atom stereocenters. The molecule has 1 aliphatic rings. The zero-order chi connectivity index (χ0) is 19.6. The number of hydrogen-bond acceptors (Lipinski definition) is 7. The number of morpholine rings is 1. The number of anilines is 2. The quantitative estimate of drug-likeness (QED) is 0.707. The molecular weight excluding hydrogens is 376 g/mol. The molecule has 0 bridgehead atoms. The third kappa shape index (κ3) is 4.30. The van der Waals surface area contributed by atoms with Crippen molar-refractivity contribution in [3.8, 4) is 0 Å². The van der Waals surface area contributed by atoms with Gasteiger partial charge in [0.15, 0.2) is 9.84 Å². The summed E-state index contributed by atoms with van der Waals surface area (Å²) in [5.74, 6) is 0.582. The van der Waals surface area contributed by atoms with Crippen molar-refractivity contribution in [3.63, 3.8) is 0 Å². The van der Waals surface area contributed by atoms with Gasteiger partial charge in [-0.05, 0) is 35.9 Å². The van der Waals surface area contributed by atoms with E-state index in [4.69, 9.17) is 4.74 Å². The van der Waals surface area contributed by atoms with E-state index in [0.29, 0.717) is 16.7 Å². The minimum absolute atomic E-state index is 0.249. The fourth-order valence-corrected chi connectivity index (χ4v) is 3.91. The molecular formula is C20H22N4O3S. The molecule has 1 fully saturated rings. The van der Waals surface area contributed by atoms with Crippen LogP contribution in [0.15, 0.2) is 53.7 Å². The Kier molecular flexibility index (Phi) is 5.25. The van der Waals surface area contributed by atoms with Crippen LogP contribution in [-0.2, 0) is 21.1 Å². The van der Waals surface area contributed by atoms with E-state index in [-0.39, 0.29) is 4.90 Å². The Labute approximate surface area is 164 Å². The smallest absolute Gasteiger partial charge is 0.175 e. The van der Waals surface area contributed by atoms with E-state index in [0.717, 1.165) is 38.5 Å². The van der Waals surface area contributed by atoms with E-state index in [1.165, 1.54) is 18.1 Å². The largest absolute Gasteiger partial charge is 0.379 e. The maximum Gasteiger partial charge on any atom is 0.175 e. The fraction of sp³-hybridized carbons (Fsp3) is 0.300. The average Bonchev–Trinajstić information content (AvgIpc) is 2.68. The summed E-state index contributed by atoms with van der Waals surface area (Å²) in [5, 5.41) is 3.98. The highest BCUT2D eigenvalue weighted by Gasteiger charge is 2.13. The van der Waals surface area contributed by atoms with E-state index in [9.17, 15) is 8.42 Å². The molecule has 146 valence electrons. The lowest BCUT2D eigenvalue weighted by Crippen LogP contribution is -2.35. The van der Waals surface area contributed by atoms with Crippen LogP contribution in [0, 0.1) is 0 Å². The van der Waals surface area contributed by atoms with E-state index in [1.54, 1.807) is 18.2 Å². The molecule has 0 aliphatic carbocycles. The maximum atomic E-state index is 11.9. The molecule has 0 amide bonds. The van der Waals surface area contributed by atoms with E-state index in [1.807, 2.05) is 12.1 Å². The number of fused-ring (bicyclic) bond motifs is 1. The van der Waals surface area contributed by atoms with Gasteiger partial charge in [0.2, 0.25) is 0 Å². The SMILES string of the molecule is CS(=O)(=O)c1ccc2ncnc(Nc3cccc(CN4CCOCC4)c3)c2c1. The van der Waals surface area contributed by atoms with Crippen LogP contribution in [0.3, 0.4) is 0 Å². The van der Waals surface area contributed by atoms with Gasteiger partial charge in [-0.3, -0.25) is 4.90 Å². The van der Waals surface area contributed by atoms with Gasteiger partial charge in [0.1, 0.15) is 12.1 Å². The molecule has 7 nitrogen and oxygen atoms in total. The number of nitrogens with one attached hydrogen (secondary N) is 1. The molecule has 1 saturated heterocycles. The minimum atomic E-state index is -3.31. The predicted octanol–water partition coefficient (Wildman–Crippen LogP) is 2.61. The molecule has 0 spiro atoms. The number of ether oxygens (including phenoxy) is 1. The van der Waals surface area contributed by atoms with Gasteiger partial charge in [0.05, 0.1) is 23.6 Å². The number of aromatic nitrogens is 2. The third-order valence-electron chi connectivity index (χ3n) is 4.73. The summed E-state index contributed by atoms with van der Waals surface area (Å²) in [4.78, 5) is 11.2. The normalized spacial score (nSPS) is 15.6. The summed E-state index contributed by atoms with van der Waals surface area (Å²) in [6.45, 7) is 4.27. The minimum Gasteiger partial charge on any atom is -0.379 e. The third-order valence-corrected chi connectivity index (χ3v) is 5.84. The van der Waals surface area contributed by atoms with Crippen LogP contribution in [0.1, 0.15) is 5.56 Å². The summed E-state index contributed by atoms with van der Waals surface area (Å²) in [7, 11) is -3.31. The zero-order valence-electron chi connectivity index (χ0n) is 15.6. The summed E-state index contributed by atoms with van der Waals surface area (Å²) >= 11 is 0. The predicted molar refractivity (Wildman–Crippen MR) is 108 cm³/mol. The Morgan fingerprint density at radius 2 is 1.93 bits per heavy atom. The first-order valence-corrected chi connectivity index (χ1v) is 11.0. The standard InChI is InChI=1S/C20H22N4O3S/c1-28(25,26)17-5-6-19-18(12-17)20(22-14-21-19)23-16-4-2-3-15(11-16)13-24-7-9-27-10-8-24/h2-6,11-12,14H,7-10,13H2,1H3,(H,21,22,23). The first-order chi connectivity index (χ1) is 13.5. The van der Waals surface area contributed by atoms with Crippen LogP contribution < -0.4 is 5.32 Å². The van der Waals surface area contributed by atoms with Gasteiger partial charge in [0.25, 0.3) is 0 Å². The second-order valence-corrected chi connectivity index (χ2v) is 8.90. The van der Waals surface area contributed by atoms with Crippen molar-refractivity contribution in [2.45, 2.75) is 11.4 Å². The molecule has 8 heteroatoms. The molecule has 1 aromatic heterocycles. The van der Waals surface area contributed by atoms with Crippen LogP contribution in [0.5, 0.6) is 0 Å². The maximum absolute atomic E-state index is 11.9. The van der Waals surface area contributed by atoms with Crippen LogP contribution in [0.4, 0.5) is 11.5 Å². The van der Waals surface area contributed by atoms with Crippen LogP contribution in [0.25, 0.3) is 10.9 Å². The first kappa shape index (κ1) is 18.8. The van der Waals surface area contributed by atoms with Crippen molar-refractivity contribution >= 4 is 32.2 Å². The molecule has 4 rings (SSSR count).